The lowest BCUT2D eigenvalue weighted by atomic mass is 10.1. The molecular weight excluding hydrogens is 332 g/mol. The molecule has 0 atom stereocenters. The van der Waals surface area contributed by atoms with Gasteiger partial charge in [0.05, 0.1) is 28.9 Å². The Hall–Kier alpha value is -2.77. The molecule has 0 radical (unpaired) electrons. The van der Waals surface area contributed by atoms with Crippen molar-refractivity contribution in [3.63, 3.8) is 0 Å². The maximum Gasteiger partial charge on any atom is 0.259 e. The third kappa shape index (κ3) is 4.07. The zero-order valence-corrected chi connectivity index (χ0v) is 14.9. The van der Waals surface area contributed by atoms with E-state index in [1.54, 1.807) is 20.1 Å². The predicted octanol–water partition coefficient (Wildman–Crippen LogP) is 2.16. The highest BCUT2D eigenvalue weighted by molar-refractivity contribution is 6.06. The van der Waals surface area contributed by atoms with Crippen molar-refractivity contribution in [2.45, 2.75) is 6.92 Å². The molecule has 26 heavy (non-hydrogen) atoms. The number of fused-ring (bicyclic) bond motifs is 1. The summed E-state index contributed by atoms with van der Waals surface area (Å²) in [5, 5.41) is 10.7. The normalized spacial score (nSPS) is 11.0. The zero-order valence-electron chi connectivity index (χ0n) is 14.9. The monoisotopic (exact) mass is 354 g/mol. The van der Waals surface area contributed by atoms with E-state index in [9.17, 15) is 4.79 Å². The first-order valence-electron chi connectivity index (χ1n) is 8.51. The van der Waals surface area contributed by atoms with Gasteiger partial charge in [0.2, 0.25) is 0 Å². The molecule has 2 aromatic heterocycles. The molecule has 1 aromatic carbocycles. The van der Waals surface area contributed by atoms with E-state index >= 15 is 0 Å². The number of amides is 1. The van der Waals surface area contributed by atoms with Crippen LogP contribution >= 0.6 is 0 Å². The van der Waals surface area contributed by atoms with E-state index in [-0.39, 0.29) is 5.91 Å². The Bertz CT molecular complexity index is 877. The van der Waals surface area contributed by atoms with Crippen molar-refractivity contribution in [1.82, 2.24) is 20.8 Å². The third-order valence-electron chi connectivity index (χ3n) is 4.00. The summed E-state index contributed by atoms with van der Waals surface area (Å²) >= 11 is 0. The molecule has 0 aliphatic rings. The van der Waals surface area contributed by atoms with Crippen LogP contribution in [0.25, 0.3) is 22.4 Å². The first-order chi connectivity index (χ1) is 12.7. The highest BCUT2D eigenvalue weighted by Gasteiger charge is 2.19. The third-order valence-corrected chi connectivity index (χ3v) is 4.00. The summed E-state index contributed by atoms with van der Waals surface area (Å²) in [4.78, 5) is 17.2. The summed E-state index contributed by atoms with van der Waals surface area (Å²) in [5.74, 6) is -0.172. The van der Waals surface area contributed by atoms with E-state index in [1.807, 2.05) is 30.3 Å². The van der Waals surface area contributed by atoms with Gasteiger partial charge in [-0.1, -0.05) is 35.5 Å². The van der Waals surface area contributed by atoms with Crippen LogP contribution in [0.2, 0.25) is 0 Å². The van der Waals surface area contributed by atoms with Crippen LogP contribution < -0.4 is 10.6 Å². The molecule has 2 N–H and O–H groups in total. The summed E-state index contributed by atoms with van der Waals surface area (Å²) in [6, 6.07) is 11.5. The topological polar surface area (TPSA) is 89.3 Å². The van der Waals surface area contributed by atoms with Crippen LogP contribution in [0.5, 0.6) is 0 Å². The fraction of sp³-hybridized carbons (Fsp3) is 0.316. The molecule has 136 valence electrons. The lowest BCUT2D eigenvalue weighted by molar-refractivity contribution is 0.0955. The average Bonchev–Trinajstić information content (AvgIpc) is 3.05. The molecule has 0 saturated carbocycles. The van der Waals surface area contributed by atoms with Crippen LogP contribution in [-0.4, -0.2) is 49.4 Å². The number of aryl methyl sites for hydroxylation is 1. The Labute approximate surface area is 151 Å². The Morgan fingerprint density at radius 2 is 2.00 bits per heavy atom. The highest BCUT2D eigenvalue weighted by atomic mass is 16.5. The first kappa shape index (κ1) is 18.0. The maximum absolute atomic E-state index is 12.7. The Morgan fingerprint density at radius 3 is 2.77 bits per heavy atom. The van der Waals surface area contributed by atoms with E-state index < -0.39 is 0 Å². The standard InChI is InChI=1S/C19H22N4O3/c1-13-17-15(18(24)21-9-8-20-10-11-25-2)12-16(22-19(17)26-23-13)14-6-4-3-5-7-14/h3-7,12,20H,8-11H2,1-2H3,(H,21,24). The number of carbonyl (C=O) groups is 1. The summed E-state index contributed by atoms with van der Waals surface area (Å²) in [6.45, 7) is 4.36. The van der Waals surface area contributed by atoms with E-state index in [1.165, 1.54) is 0 Å². The fourth-order valence-corrected chi connectivity index (χ4v) is 2.69. The number of pyridine rings is 1. The summed E-state index contributed by atoms with van der Waals surface area (Å²) in [7, 11) is 1.66. The van der Waals surface area contributed by atoms with Gasteiger partial charge in [-0.3, -0.25) is 4.79 Å². The van der Waals surface area contributed by atoms with E-state index in [2.05, 4.69) is 20.8 Å². The van der Waals surface area contributed by atoms with Crippen molar-refractivity contribution in [2.75, 3.05) is 33.4 Å². The van der Waals surface area contributed by atoms with Crippen molar-refractivity contribution < 1.29 is 14.1 Å². The summed E-state index contributed by atoms with van der Waals surface area (Å²) in [5.41, 5.74) is 3.13. The van der Waals surface area contributed by atoms with Gasteiger partial charge in [-0.05, 0) is 13.0 Å². The minimum atomic E-state index is -0.172. The molecule has 7 nitrogen and oxygen atoms in total. The van der Waals surface area contributed by atoms with Crippen LogP contribution in [0, 0.1) is 6.92 Å². The van der Waals surface area contributed by atoms with Gasteiger partial charge in [-0.2, -0.15) is 0 Å². The Balaban J connectivity index is 1.82. The number of carbonyl (C=O) groups excluding carboxylic acids is 1. The van der Waals surface area contributed by atoms with Crippen LogP contribution in [0.4, 0.5) is 0 Å². The van der Waals surface area contributed by atoms with Crippen LogP contribution in [0.15, 0.2) is 40.9 Å². The molecular formula is C19H22N4O3. The quantitative estimate of drug-likeness (QED) is 0.603. The number of hydrogen-bond acceptors (Lipinski definition) is 6. The van der Waals surface area contributed by atoms with Gasteiger partial charge >= 0.3 is 0 Å². The second kappa shape index (κ2) is 8.55. The minimum absolute atomic E-state index is 0.172. The largest absolute Gasteiger partial charge is 0.383 e. The van der Waals surface area contributed by atoms with E-state index in [0.717, 1.165) is 12.1 Å². The SMILES string of the molecule is COCCNCCNC(=O)c1cc(-c2ccccc2)nc2onc(C)c12. The molecule has 3 aromatic rings. The molecule has 7 heteroatoms. The maximum atomic E-state index is 12.7. The average molecular weight is 354 g/mol. The molecule has 1 amide bonds. The Kier molecular flexibility index (Phi) is 5.93. The number of methoxy groups -OCH3 is 1. The number of hydrogen-bond donors (Lipinski definition) is 2. The number of ether oxygens (including phenoxy) is 1. The zero-order chi connectivity index (χ0) is 18.4. The number of rotatable bonds is 8. The molecule has 0 saturated heterocycles. The molecule has 0 spiro atoms. The van der Waals surface area contributed by atoms with Crippen molar-refractivity contribution in [1.29, 1.82) is 0 Å². The van der Waals surface area contributed by atoms with Crippen molar-refractivity contribution in [2.24, 2.45) is 0 Å². The number of nitrogens with zero attached hydrogens (tertiary/aromatic N) is 2. The van der Waals surface area contributed by atoms with Gasteiger partial charge in [-0.15, -0.1) is 0 Å². The lowest BCUT2D eigenvalue weighted by Crippen LogP contribution is -2.33. The molecule has 0 aliphatic heterocycles. The van der Waals surface area contributed by atoms with Crippen LogP contribution in [0.3, 0.4) is 0 Å². The van der Waals surface area contributed by atoms with Gasteiger partial charge < -0.3 is 19.9 Å². The fourth-order valence-electron chi connectivity index (χ4n) is 2.69. The van der Waals surface area contributed by atoms with Gasteiger partial charge in [0, 0.05) is 32.3 Å². The molecule has 0 unspecified atom stereocenters. The molecule has 2 heterocycles. The van der Waals surface area contributed by atoms with Gasteiger partial charge in [0.25, 0.3) is 11.6 Å². The van der Waals surface area contributed by atoms with E-state index in [4.69, 9.17) is 9.26 Å². The first-order valence-corrected chi connectivity index (χ1v) is 8.51. The predicted molar refractivity (Wildman–Crippen MR) is 99.1 cm³/mol. The number of aromatic nitrogens is 2. The summed E-state index contributed by atoms with van der Waals surface area (Å²) in [6.07, 6.45) is 0. The van der Waals surface area contributed by atoms with Crippen molar-refractivity contribution in [3.8, 4) is 11.3 Å². The highest BCUT2D eigenvalue weighted by Crippen LogP contribution is 2.26. The van der Waals surface area contributed by atoms with E-state index in [0.29, 0.717) is 47.7 Å². The van der Waals surface area contributed by atoms with Crippen LogP contribution in [-0.2, 0) is 4.74 Å². The molecule has 0 fully saturated rings. The lowest BCUT2D eigenvalue weighted by Gasteiger charge is -2.09. The molecule has 3 rings (SSSR count). The minimum Gasteiger partial charge on any atom is -0.383 e. The van der Waals surface area contributed by atoms with Crippen LogP contribution in [0.1, 0.15) is 16.1 Å². The second-order valence-corrected chi connectivity index (χ2v) is 5.87. The van der Waals surface area contributed by atoms with Gasteiger partial charge in [-0.25, -0.2) is 4.98 Å². The molecule has 0 bridgehead atoms. The molecule has 0 aliphatic carbocycles. The number of benzene rings is 1. The summed E-state index contributed by atoms with van der Waals surface area (Å²) < 4.78 is 10.3. The second-order valence-electron chi connectivity index (χ2n) is 5.87. The Morgan fingerprint density at radius 1 is 1.19 bits per heavy atom. The van der Waals surface area contributed by atoms with Crippen molar-refractivity contribution in [3.05, 3.63) is 47.7 Å². The number of nitrogens with one attached hydrogen (secondary N) is 2. The smallest absolute Gasteiger partial charge is 0.259 e. The van der Waals surface area contributed by atoms with Gasteiger partial charge in [0.15, 0.2) is 0 Å². The van der Waals surface area contributed by atoms with Crippen molar-refractivity contribution >= 4 is 17.0 Å². The van der Waals surface area contributed by atoms with Gasteiger partial charge in [0.1, 0.15) is 0 Å².